The molecule has 0 atom stereocenters. The van der Waals surface area contributed by atoms with Crippen molar-refractivity contribution < 1.29 is 9.94 Å². The Hall–Kier alpha value is -2.49. The van der Waals surface area contributed by atoms with E-state index in [0.29, 0.717) is 12.2 Å². The Bertz CT molecular complexity index is 577. The van der Waals surface area contributed by atoms with Gasteiger partial charge < -0.3 is 15.7 Å². The number of amidine groups is 1. The van der Waals surface area contributed by atoms with Gasteiger partial charge in [-0.1, -0.05) is 41.6 Å². The first-order valence-corrected chi connectivity index (χ1v) is 5.95. The van der Waals surface area contributed by atoms with E-state index in [2.05, 4.69) is 5.16 Å². The molecule has 0 amide bonds. The van der Waals surface area contributed by atoms with E-state index in [4.69, 9.17) is 15.7 Å². The van der Waals surface area contributed by atoms with E-state index >= 15 is 0 Å². The Morgan fingerprint density at radius 3 is 2.58 bits per heavy atom. The van der Waals surface area contributed by atoms with Gasteiger partial charge in [-0.3, -0.25) is 0 Å². The van der Waals surface area contributed by atoms with Crippen LogP contribution < -0.4 is 10.5 Å². The topological polar surface area (TPSA) is 67.8 Å². The first kappa shape index (κ1) is 13.0. The minimum atomic E-state index is 0.103. The van der Waals surface area contributed by atoms with Crippen molar-refractivity contribution in [1.29, 1.82) is 0 Å². The second kappa shape index (κ2) is 5.91. The van der Waals surface area contributed by atoms with Crippen molar-refractivity contribution >= 4 is 5.84 Å². The fraction of sp³-hybridized carbons (Fsp3) is 0.133. The number of nitrogens with two attached hydrogens (primary N) is 1. The molecule has 0 spiro atoms. The molecule has 0 aliphatic heterocycles. The second-order valence-corrected chi connectivity index (χ2v) is 4.29. The molecule has 0 aromatic heterocycles. The summed E-state index contributed by atoms with van der Waals surface area (Å²) in [4.78, 5) is 0. The third-order valence-corrected chi connectivity index (χ3v) is 2.75. The number of rotatable bonds is 4. The minimum absolute atomic E-state index is 0.103. The van der Waals surface area contributed by atoms with E-state index in [0.717, 1.165) is 11.3 Å². The van der Waals surface area contributed by atoms with Gasteiger partial charge in [0.1, 0.15) is 12.4 Å². The molecule has 0 aliphatic carbocycles. The van der Waals surface area contributed by atoms with Crippen molar-refractivity contribution in [2.24, 2.45) is 10.9 Å². The highest BCUT2D eigenvalue weighted by Gasteiger charge is 2.00. The zero-order chi connectivity index (χ0) is 13.7. The molecule has 0 saturated carbocycles. The third kappa shape index (κ3) is 3.48. The van der Waals surface area contributed by atoms with Crippen LogP contribution in [0.1, 0.15) is 16.7 Å². The molecule has 98 valence electrons. The number of benzene rings is 2. The number of oxime groups is 1. The zero-order valence-corrected chi connectivity index (χ0v) is 10.7. The molecule has 0 unspecified atom stereocenters. The number of hydrogen-bond donors (Lipinski definition) is 2. The van der Waals surface area contributed by atoms with E-state index < -0.39 is 0 Å². The summed E-state index contributed by atoms with van der Waals surface area (Å²) < 4.78 is 5.69. The van der Waals surface area contributed by atoms with Crippen LogP contribution >= 0.6 is 0 Å². The van der Waals surface area contributed by atoms with E-state index in [1.54, 1.807) is 12.1 Å². The molecule has 3 N–H and O–H groups in total. The molecule has 2 rings (SSSR count). The predicted molar refractivity (Wildman–Crippen MR) is 74.5 cm³/mol. The quantitative estimate of drug-likeness (QED) is 0.382. The molecule has 0 saturated heterocycles. The molecule has 0 bridgehead atoms. The summed E-state index contributed by atoms with van der Waals surface area (Å²) in [7, 11) is 0. The average Bonchev–Trinajstić information content (AvgIpc) is 2.45. The Kier molecular flexibility index (Phi) is 4.03. The smallest absolute Gasteiger partial charge is 0.170 e. The molecule has 2 aromatic carbocycles. The summed E-state index contributed by atoms with van der Waals surface area (Å²) in [6.45, 7) is 2.51. The molecule has 0 fully saturated rings. The standard InChI is InChI=1S/C15H16N2O2/c1-11-3-2-4-14(9-11)19-10-12-5-7-13(8-6-12)15(16)17-18/h2-9,18H,10H2,1H3,(H2,16,17). The third-order valence-electron chi connectivity index (χ3n) is 2.75. The lowest BCUT2D eigenvalue weighted by molar-refractivity contribution is 0.306. The van der Waals surface area contributed by atoms with Gasteiger partial charge in [0.05, 0.1) is 0 Å². The summed E-state index contributed by atoms with van der Waals surface area (Å²) in [5, 5.41) is 11.5. The number of aryl methyl sites for hydroxylation is 1. The van der Waals surface area contributed by atoms with Crippen LogP contribution in [0.3, 0.4) is 0 Å². The van der Waals surface area contributed by atoms with Crippen molar-refractivity contribution in [1.82, 2.24) is 0 Å². The van der Waals surface area contributed by atoms with Gasteiger partial charge in [-0.2, -0.15) is 0 Å². The van der Waals surface area contributed by atoms with Gasteiger partial charge in [-0.25, -0.2) is 0 Å². The molecular weight excluding hydrogens is 240 g/mol. The Labute approximate surface area is 112 Å². The Morgan fingerprint density at radius 2 is 1.95 bits per heavy atom. The van der Waals surface area contributed by atoms with Crippen LogP contribution in [-0.2, 0) is 6.61 Å². The summed E-state index contributed by atoms with van der Waals surface area (Å²) in [5.74, 6) is 0.951. The molecule has 0 radical (unpaired) electrons. The van der Waals surface area contributed by atoms with Gasteiger partial charge in [-0.05, 0) is 30.2 Å². The van der Waals surface area contributed by atoms with Crippen molar-refractivity contribution in [2.75, 3.05) is 0 Å². The molecule has 4 nitrogen and oxygen atoms in total. The van der Waals surface area contributed by atoms with E-state index in [9.17, 15) is 0 Å². The largest absolute Gasteiger partial charge is 0.489 e. The van der Waals surface area contributed by atoms with Crippen LogP contribution in [0.4, 0.5) is 0 Å². The Balaban J connectivity index is 2.00. The van der Waals surface area contributed by atoms with Crippen LogP contribution in [0.15, 0.2) is 53.7 Å². The lowest BCUT2D eigenvalue weighted by Crippen LogP contribution is -2.12. The highest BCUT2D eigenvalue weighted by molar-refractivity contribution is 5.96. The minimum Gasteiger partial charge on any atom is -0.489 e. The monoisotopic (exact) mass is 256 g/mol. The van der Waals surface area contributed by atoms with Crippen LogP contribution in [0, 0.1) is 6.92 Å². The first-order valence-electron chi connectivity index (χ1n) is 5.95. The molecule has 19 heavy (non-hydrogen) atoms. The van der Waals surface area contributed by atoms with Gasteiger partial charge in [0.15, 0.2) is 5.84 Å². The summed E-state index contributed by atoms with van der Waals surface area (Å²) in [6.07, 6.45) is 0. The molecule has 0 aliphatic rings. The van der Waals surface area contributed by atoms with Gasteiger partial charge in [0.25, 0.3) is 0 Å². The van der Waals surface area contributed by atoms with Crippen molar-refractivity contribution in [3.63, 3.8) is 0 Å². The van der Waals surface area contributed by atoms with Crippen LogP contribution in [-0.4, -0.2) is 11.0 Å². The Morgan fingerprint density at radius 1 is 1.21 bits per heavy atom. The number of nitrogens with zero attached hydrogens (tertiary/aromatic N) is 1. The summed E-state index contributed by atoms with van der Waals surface area (Å²) in [6, 6.07) is 15.3. The zero-order valence-electron chi connectivity index (χ0n) is 10.7. The highest BCUT2D eigenvalue weighted by Crippen LogP contribution is 2.14. The average molecular weight is 256 g/mol. The predicted octanol–water partition coefficient (Wildman–Crippen LogP) is 2.67. The molecule has 0 heterocycles. The van der Waals surface area contributed by atoms with Gasteiger partial charge in [0.2, 0.25) is 0 Å². The van der Waals surface area contributed by atoms with Gasteiger partial charge in [0, 0.05) is 5.56 Å². The van der Waals surface area contributed by atoms with Crippen molar-refractivity contribution in [3.05, 3.63) is 65.2 Å². The van der Waals surface area contributed by atoms with Crippen LogP contribution in [0.2, 0.25) is 0 Å². The van der Waals surface area contributed by atoms with E-state index in [1.165, 1.54) is 5.56 Å². The molecule has 2 aromatic rings. The van der Waals surface area contributed by atoms with Crippen molar-refractivity contribution in [3.8, 4) is 5.75 Å². The van der Waals surface area contributed by atoms with E-state index in [-0.39, 0.29) is 5.84 Å². The molecule has 4 heteroatoms. The molecular formula is C15H16N2O2. The lowest BCUT2D eigenvalue weighted by atomic mass is 10.1. The summed E-state index contributed by atoms with van der Waals surface area (Å²) in [5.41, 5.74) is 8.37. The SMILES string of the molecule is Cc1cccc(OCc2ccc(/C(N)=N/O)cc2)c1. The lowest BCUT2D eigenvalue weighted by Gasteiger charge is -2.07. The number of ether oxygens (including phenoxy) is 1. The van der Waals surface area contributed by atoms with Gasteiger partial charge in [-0.15, -0.1) is 0 Å². The fourth-order valence-corrected chi connectivity index (χ4v) is 1.70. The van der Waals surface area contributed by atoms with Gasteiger partial charge >= 0.3 is 0 Å². The van der Waals surface area contributed by atoms with Crippen LogP contribution in [0.5, 0.6) is 5.75 Å². The maximum atomic E-state index is 8.57. The normalized spacial score (nSPS) is 11.3. The maximum absolute atomic E-state index is 8.57. The fourth-order valence-electron chi connectivity index (χ4n) is 1.70. The number of hydrogen-bond acceptors (Lipinski definition) is 3. The second-order valence-electron chi connectivity index (χ2n) is 4.29. The van der Waals surface area contributed by atoms with Crippen LogP contribution in [0.25, 0.3) is 0 Å². The maximum Gasteiger partial charge on any atom is 0.170 e. The highest BCUT2D eigenvalue weighted by atomic mass is 16.5. The first-order chi connectivity index (χ1) is 9.19. The van der Waals surface area contributed by atoms with Crippen molar-refractivity contribution in [2.45, 2.75) is 13.5 Å². The summed E-state index contributed by atoms with van der Waals surface area (Å²) >= 11 is 0. The van der Waals surface area contributed by atoms with E-state index in [1.807, 2.05) is 43.3 Å².